The second-order valence-corrected chi connectivity index (χ2v) is 4.94. The van der Waals surface area contributed by atoms with Crippen molar-refractivity contribution in [3.63, 3.8) is 0 Å². The third-order valence-electron chi connectivity index (χ3n) is 2.10. The second kappa shape index (κ2) is 4.63. The quantitative estimate of drug-likeness (QED) is 0.904. The summed E-state index contributed by atoms with van der Waals surface area (Å²) in [7, 11) is 0. The number of aliphatic hydroxyl groups is 1. The zero-order valence-corrected chi connectivity index (χ0v) is 11.0. The zero-order valence-electron chi connectivity index (χ0n) is 7.78. The topological polar surface area (TPSA) is 42.4 Å². The van der Waals surface area contributed by atoms with Gasteiger partial charge < -0.3 is 9.84 Å². The van der Waals surface area contributed by atoms with Gasteiger partial charge in [0.1, 0.15) is 5.76 Å². The normalized spacial score (nSPS) is 17.1. The van der Waals surface area contributed by atoms with Crippen molar-refractivity contribution in [2.75, 3.05) is 6.61 Å². The standard InChI is InChI=1S/C10H9Br2NO2/c11-6-4-7(12)9(13-5-6)10(14)8-2-1-3-15-8/h2,4-5,10,14H,1,3H2. The van der Waals surface area contributed by atoms with Gasteiger partial charge in [0, 0.05) is 21.6 Å². The van der Waals surface area contributed by atoms with Crippen LogP contribution in [0.25, 0.3) is 0 Å². The summed E-state index contributed by atoms with van der Waals surface area (Å²) in [6.07, 6.45) is 3.61. The van der Waals surface area contributed by atoms with Crippen molar-refractivity contribution < 1.29 is 9.84 Å². The first-order chi connectivity index (χ1) is 7.18. The van der Waals surface area contributed by atoms with Gasteiger partial charge in [-0.25, -0.2) is 0 Å². The van der Waals surface area contributed by atoms with E-state index < -0.39 is 6.10 Å². The van der Waals surface area contributed by atoms with Crippen LogP contribution in [-0.4, -0.2) is 16.7 Å². The Hall–Kier alpha value is -0.390. The van der Waals surface area contributed by atoms with Gasteiger partial charge in [0.15, 0.2) is 6.10 Å². The number of ether oxygens (including phenoxy) is 1. The van der Waals surface area contributed by atoms with Gasteiger partial charge >= 0.3 is 0 Å². The Morgan fingerprint density at radius 2 is 2.27 bits per heavy atom. The summed E-state index contributed by atoms with van der Waals surface area (Å²) in [5.41, 5.74) is 0.575. The molecule has 0 saturated heterocycles. The van der Waals surface area contributed by atoms with Crippen LogP contribution in [0.4, 0.5) is 0 Å². The maximum Gasteiger partial charge on any atom is 0.154 e. The van der Waals surface area contributed by atoms with Crippen LogP contribution in [0.15, 0.2) is 33.0 Å². The average molecular weight is 335 g/mol. The number of hydrogen-bond donors (Lipinski definition) is 1. The molecule has 5 heteroatoms. The fourth-order valence-electron chi connectivity index (χ4n) is 1.39. The van der Waals surface area contributed by atoms with Gasteiger partial charge in [0.25, 0.3) is 0 Å². The fraction of sp³-hybridized carbons (Fsp3) is 0.300. The predicted octanol–water partition coefficient (Wildman–Crippen LogP) is 2.94. The summed E-state index contributed by atoms with van der Waals surface area (Å²) < 4.78 is 6.92. The van der Waals surface area contributed by atoms with E-state index in [2.05, 4.69) is 36.8 Å². The highest BCUT2D eigenvalue weighted by Crippen LogP contribution is 2.30. The molecular weight excluding hydrogens is 326 g/mol. The molecule has 2 rings (SSSR count). The van der Waals surface area contributed by atoms with Crippen molar-refractivity contribution in [3.8, 4) is 0 Å². The molecule has 1 atom stereocenters. The smallest absolute Gasteiger partial charge is 0.154 e. The number of nitrogens with zero attached hydrogens (tertiary/aromatic N) is 1. The van der Waals surface area contributed by atoms with E-state index in [1.54, 1.807) is 6.20 Å². The van der Waals surface area contributed by atoms with Crippen LogP contribution in [0.1, 0.15) is 18.2 Å². The molecule has 1 aromatic heterocycles. The third-order valence-corrected chi connectivity index (χ3v) is 3.17. The molecule has 1 aliphatic heterocycles. The zero-order chi connectivity index (χ0) is 10.8. The Bertz CT molecular complexity index is 406. The maximum atomic E-state index is 9.99. The Kier molecular flexibility index (Phi) is 3.43. The molecule has 15 heavy (non-hydrogen) atoms. The van der Waals surface area contributed by atoms with Crippen LogP contribution in [-0.2, 0) is 4.74 Å². The SMILES string of the molecule is OC(C1=CCCO1)c1ncc(Br)cc1Br. The van der Waals surface area contributed by atoms with Crippen LogP contribution in [0.3, 0.4) is 0 Å². The Morgan fingerprint density at radius 1 is 1.47 bits per heavy atom. The number of halogens is 2. The molecule has 0 radical (unpaired) electrons. The van der Waals surface area contributed by atoms with Crippen molar-refractivity contribution in [1.29, 1.82) is 0 Å². The summed E-state index contributed by atoms with van der Waals surface area (Å²) in [6, 6.07) is 1.85. The van der Waals surface area contributed by atoms with E-state index in [1.807, 2.05) is 12.1 Å². The van der Waals surface area contributed by atoms with Gasteiger partial charge in [-0.15, -0.1) is 0 Å². The Labute approximate surface area is 104 Å². The number of pyridine rings is 1. The molecule has 0 aromatic carbocycles. The summed E-state index contributed by atoms with van der Waals surface area (Å²) in [5, 5.41) is 9.99. The van der Waals surface area contributed by atoms with E-state index >= 15 is 0 Å². The molecular formula is C10H9Br2NO2. The van der Waals surface area contributed by atoms with E-state index in [0.717, 1.165) is 15.4 Å². The van der Waals surface area contributed by atoms with Crippen molar-refractivity contribution >= 4 is 31.9 Å². The summed E-state index contributed by atoms with van der Waals surface area (Å²) >= 11 is 6.67. The van der Waals surface area contributed by atoms with Crippen molar-refractivity contribution in [1.82, 2.24) is 4.98 Å². The van der Waals surface area contributed by atoms with E-state index in [0.29, 0.717) is 18.1 Å². The van der Waals surface area contributed by atoms with Crippen LogP contribution in [0.5, 0.6) is 0 Å². The molecule has 3 nitrogen and oxygen atoms in total. The third kappa shape index (κ3) is 2.41. The highest BCUT2D eigenvalue weighted by Gasteiger charge is 2.21. The largest absolute Gasteiger partial charge is 0.495 e. The fourth-order valence-corrected chi connectivity index (χ4v) is 2.59. The number of aromatic nitrogens is 1. The summed E-state index contributed by atoms with van der Waals surface area (Å²) in [5.74, 6) is 0.588. The molecule has 0 amide bonds. The lowest BCUT2D eigenvalue weighted by Crippen LogP contribution is -2.05. The Morgan fingerprint density at radius 3 is 2.87 bits per heavy atom. The molecule has 0 fully saturated rings. The molecule has 0 spiro atoms. The summed E-state index contributed by atoms with van der Waals surface area (Å²) in [6.45, 7) is 0.639. The molecule has 0 saturated carbocycles. The highest BCUT2D eigenvalue weighted by atomic mass is 79.9. The molecule has 1 aliphatic rings. The van der Waals surface area contributed by atoms with E-state index in [1.165, 1.54) is 0 Å². The number of hydrogen-bond acceptors (Lipinski definition) is 3. The van der Waals surface area contributed by atoms with Gasteiger partial charge in [0.05, 0.1) is 12.3 Å². The van der Waals surface area contributed by atoms with Gasteiger partial charge in [-0.05, 0) is 44.0 Å². The first-order valence-electron chi connectivity index (χ1n) is 4.50. The highest BCUT2D eigenvalue weighted by molar-refractivity contribution is 9.11. The van der Waals surface area contributed by atoms with Gasteiger partial charge in [-0.2, -0.15) is 0 Å². The minimum absolute atomic E-state index is 0.575. The van der Waals surface area contributed by atoms with Gasteiger partial charge in [-0.3, -0.25) is 4.98 Å². The number of rotatable bonds is 2. The van der Waals surface area contributed by atoms with Gasteiger partial charge in [-0.1, -0.05) is 0 Å². The van der Waals surface area contributed by atoms with Crippen LogP contribution < -0.4 is 0 Å². The maximum absolute atomic E-state index is 9.99. The first-order valence-corrected chi connectivity index (χ1v) is 6.09. The minimum Gasteiger partial charge on any atom is -0.495 e. The summed E-state index contributed by atoms with van der Waals surface area (Å²) in [4.78, 5) is 4.16. The molecule has 1 aromatic rings. The molecule has 0 bridgehead atoms. The minimum atomic E-state index is -0.782. The Balaban J connectivity index is 2.28. The van der Waals surface area contributed by atoms with Crippen LogP contribution >= 0.6 is 31.9 Å². The van der Waals surface area contributed by atoms with Gasteiger partial charge in [0.2, 0.25) is 0 Å². The number of aliphatic hydroxyl groups excluding tert-OH is 1. The lowest BCUT2D eigenvalue weighted by atomic mass is 10.2. The first kappa shape index (κ1) is 11.1. The van der Waals surface area contributed by atoms with E-state index in [4.69, 9.17) is 4.74 Å². The van der Waals surface area contributed by atoms with Crippen LogP contribution in [0.2, 0.25) is 0 Å². The molecule has 1 N–H and O–H groups in total. The lowest BCUT2D eigenvalue weighted by Gasteiger charge is -2.13. The molecule has 1 unspecified atom stereocenters. The lowest BCUT2D eigenvalue weighted by molar-refractivity contribution is 0.115. The van der Waals surface area contributed by atoms with Crippen molar-refractivity contribution in [3.05, 3.63) is 38.7 Å². The average Bonchev–Trinajstić information content (AvgIpc) is 2.69. The predicted molar refractivity (Wildman–Crippen MR) is 63.2 cm³/mol. The second-order valence-electron chi connectivity index (χ2n) is 3.17. The molecule has 0 aliphatic carbocycles. The van der Waals surface area contributed by atoms with E-state index in [-0.39, 0.29) is 0 Å². The monoisotopic (exact) mass is 333 g/mol. The van der Waals surface area contributed by atoms with E-state index in [9.17, 15) is 5.11 Å². The van der Waals surface area contributed by atoms with Crippen molar-refractivity contribution in [2.45, 2.75) is 12.5 Å². The van der Waals surface area contributed by atoms with Crippen LogP contribution in [0, 0.1) is 0 Å². The van der Waals surface area contributed by atoms with Crippen molar-refractivity contribution in [2.24, 2.45) is 0 Å². The molecule has 80 valence electrons. The molecule has 2 heterocycles.